The Kier molecular flexibility index (Phi) is 8.56. The molecule has 0 aliphatic rings. The number of rotatable bonds is 8. The maximum Gasteiger partial charge on any atom is 0.271 e. The zero-order chi connectivity index (χ0) is 23.8. The predicted octanol–water partition coefficient (Wildman–Crippen LogP) is 5.14. The van der Waals surface area contributed by atoms with Gasteiger partial charge in [0.2, 0.25) is 0 Å². The Morgan fingerprint density at radius 3 is 2.42 bits per heavy atom. The summed E-state index contributed by atoms with van der Waals surface area (Å²) >= 11 is 6.71. The molecule has 170 valence electrons. The zero-order valence-electron chi connectivity index (χ0n) is 17.3. The van der Waals surface area contributed by atoms with E-state index in [1.165, 1.54) is 37.6 Å². The van der Waals surface area contributed by atoms with Crippen LogP contribution in [-0.4, -0.2) is 31.7 Å². The monoisotopic (exact) mass is 577 g/mol. The van der Waals surface area contributed by atoms with Gasteiger partial charge in [-0.25, -0.2) is 9.82 Å². The number of amides is 2. The van der Waals surface area contributed by atoms with Gasteiger partial charge in [0.1, 0.15) is 5.82 Å². The molecule has 0 fully saturated rings. The van der Waals surface area contributed by atoms with Gasteiger partial charge < -0.3 is 14.8 Å². The van der Waals surface area contributed by atoms with Crippen LogP contribution >= 0.6 is 31.9 Å². The number of ether oxygens (including phenoxy) is 2. The van der Waals surface area contributed by atoms with Gasteiger partial charge in [-0.05, 0) is 82.2 Å². The molecule has 0 atom stereocenters. The van der Waals surface area contributed by atoms with E-state index in [9.17, 15) is 14.0 Å². The van der Waals surface area contributed by atoms with Crippen molar-refractivity contribution in [3.05, 3.63) is 86.6 Å². The highest BCUT2D eigenvalue weighted by Crippen LogP contribution is 2.36. The molecule has 0 heterocycles. The second-order valence-electron chi connectivity index (χ2n) is 6.58. The minimum absolute atomic E-state index is 0.289. The van der Waals surface area contributed by atoms with Crippen LogP contribution in [0.5, 0.6) is 11.5 Å². The van der Waals surface area contributed by atoms with Crippen molar-refractivity contribution >= 4 is 55.6 Å². The molecule has 2 amide bonds. The van der Waals surface area contributed by atoms with Crippen LogP contribution in [0, 0.1) is 5.82 Å². The number of halogens is 3. The van der Waals surface area contributed by atoms with E-state index in [2.05, 4.69) is 47.7 Å². The SMILES string of the molecule is COc1cc(/C=N/NC(=O)c2ccc(Br)cc2)cc(Br)c1OCC(=O)Nc1ccc(F)cc1. The number of nitrogens with one attached hydrogen (secondary N) is 2. The van der Waals surface area contributed by atoms with Gasteiger partial charge in [-0.2, -0.15) is 5.10 Å². The summed E-state index contributed by atoms with van der Waals surface area (Å²) in [6, 6.07) is 15.6. The van der Waals surface area contributed by atoms with E-state index < -0.39 is 11.7 Å². The fraction of sp³-hybridized carbons (Fsp3) is 0.0870. The van der Waals surface area contributed by atoms with Crippen molar-refractivity contribution in [2.24, 2.45) is 5.10 Å². The number of hydrazone groups is 1. The van der Waals surface area contributed by atoms with Gasteiger partial charge in [0, 0.05) is 15.7 Å². The van der Waals surface area contributed by atoms with Crippen LogP contribution in [0.4, 0.5) is 10.1 Å². The molecule has 0 aliphatic carbocycles. The number of nitrogens with zero attached hydrogens (tertiary/aromatic N) is 1. The summed E-state index contributed by atoms with van der Waals surface area (Å²) in [6.45, 7) is -0.289. The molecule has 0 radical (unpaired) electrons. The Hall–Kier alpha value is -3.24. The lowest BCUT2D eigenvalue weighted by atomic mass is 10.2. The summed E-state index contributed by atoms with van der Waals surface area (Å²) in [7, 11) is 1.46. The van der Waals surface area contributed by atoms with E-state index in [1.54, 1.807) is 36.4 Å². The molecular formula is C23H18Br2FN3O4. The van der Waals surface area contributed by atoms with E-state index in [4.69, 9.17) is 9.47 Å². The molecule has 0 unspecified atom stereocenters. The van der Waals surface area contributed by atoms with Crippen molar-refractivity contribution in [2.75, 3.05) is 19.0 Å². The Morgan fingerprint density at radius 2 is 1.76 bits per heavy atom. The van der Waals surface area contributed by atoms with Gasteiger partial charge in [0.05, 0.1) is 17.8 Å². The van der Waals surface area contributed by atoms with E-state index in [-0.39, 0.29) is 12.5 Å². The number of carbonyl (C=O) groups is 2. The van der Waals surface area contributed by atoms with Crippen LogP contribution < -0.4 is 20.2 Å². The van der Waals surface area contributed by atoms with Crippen LogP contribution in [-0.2, 0) is 4.79 Å². The van der Waals surface area contributed by atoms with E-state index in [1.807, 2.05) is 0 Å². The summed E-state index contributed by atoms with van der Waals surface area (Å²) in [5.74, 6) is -0.481. The maximum absolute atomic E-state index is 13.0. The molecular weight excluding hydrogens is 561 g/mol. The maximum atomic E-state index is 13.0. The third-order valence-corrected chi connectivity index (χ3v) is 5.33. The molecule has 3 aromatic carbocycles. The number of benzene rings is 3. The lowest BCUT2D eigenvalue weighted by Gasteiger charge is -2.13. The van der Waals surface area contributed by atoms with Crippen molar-refractivity contribution in [3.63, 3.8) is 0 Å². The van der Waals surface area contributed by atoms with Crippen LogP contribution in [0.25, 0.3) is 0 Å². The molecule has 0 aliphatic heterocycles. The van der Waals surface area contributed by atoms with Crippen LogP contribution in [0.2, 0.25) is 0 Å². The molecule has 7 nitrogen and oxygen atoms in total. The Labute approximate surface area is 206 Å². The number of hydrogen-bond acceptors (Lipinski definition) is 5. The van der Waals surface area contributed by atoms with Crippen molar-refractivity contribution in [3.8, 4) is 11.5 Å². The first kappa shape index (κ1) is 24.4. The Balaban J connectivity index is 1.62. The molecule has 0 spiro atoms. The topological polar surface area (TPSA) is 89.0 Å². The number of methoxy groups -OCH3 is 1. The van der Waals surface area contributed by atoms with Crippen molar-refractivity contribution in [1.29, 1.82) is 0 Å². The first-order valence-electron chi connectivity index (χ1n) is 9.50. The molecule has 33 heavy (non-hydrogen) atoms. The Morgan fingerprint density at radius 1 is 1.06 bits per heavy atom. The van der Waals surface area contributed by atoms with Gasteiger partial charge in [0.15, 0.2) is 18.1 Å². The lowest BCUT2D eigenvalue weighted by molar-refractivity contribution is -0.118. The van der Waals surface area contributed by atoms with E-state index in [0.29, 0.717) is 32.8 Å². The van der Waals surface area contributed by atoms with Gasteiger partial charge in [0.25, 0.3) is 11.8 Å². The molecule has 3 aromatic rings. The van der Waals surface area contributed by atoms with Crippen molar-refractivity contribution in [2.45, 2.75) is 0 Å². The predicted molar refractivity (Wildman–Crippen MR) is 130 cm³/mol. The summed E-state index contributed by atoms with van der Waals surface area (Å²) in [5.41, 5.74) is 4.00. The van der Waals surface area contributed by atoms with Gasteiger partial charge >= 0.3 is 0 Å². The number of anilines is 1. The molecule has 10 heteroatoms. The average molecular weight is 579 g/mol. The highest BCUT2D eigenvalue weighted by atomic mass is 79.9. The quantitative estimate of drug-likeness (QED) is 0.286. The molecule has 0 saturated heterocycles. The second kappa shape index (κ2) is 11.6. The summed E-state index contributed by atoms with van der Waals surface area (Å²) in [4.78, 5) is 24.3. The summed E-state index contributed by atoms with van der Waals surface area (Å²) < 4.78 is 25.3. The summed E-state index contributed by atoms with van der Waals surface area (Å²) in [5, 5.41) is 6.58. The van der Waals surface area contributed by atoms with Crippen LogP contribution in [0.15, 0.2) is 74.7 Å². The fourth-order valence-corrected chi connectivity index (χ4v) is 3.49. The highest BCUT2D eigenvalue weighted by Gasteiger charge is 2.14. The number of carbonyl (C=O) groups excluding carboxylic acids is 2. The van der Waals surface area contributed by atoms with Crippen LogP contribution in [0.3, 0.4) is 0 Å². The van der Waals surface area contributed by atoms with Crippen molar-refractivity contribution < 1.29 is 23.5 Å². The van der Waals surface area contributed by atoms with Gasteiger partial charge in [-0.1, -0.05) is 15.9 Å². The summed E-state index contributed by atoms with van der Waals surface area (Å²) in [6.07, 6.45) is 1.45. The highest BCUT2D eigenvalue weighted by molar-refractivity contribution is 9.10. The molecule has 3 rings (SSSR count). The average Bonchev–Trinajstić information content (AvgIpc) is 2.80. The Bertz CT molecular complexity index is 1170. The molecule has 0 saturated carbocycles. The third kappa shape index (κ3) is 7.13. The second-order valence-corrected chi connectivity index (χ2v) is 8.35. The zero-order valence-corrected chi connectivity index (χ0v) is 20.4. The van der Waals surface area contributed by atoms with Crippen molar-refractivity contribution in [1.82, 2.24) is 5.43 Å². The van der Waals surface area contributed by atoms with Gasteiger partial charge in [-0.15, -0.1) is 0 Å². The fourth-order valence-electron chi connectivity index (χ4n) is 2.65. The first-order valence-corrected chi connectivity index (χ1v) is 11.1. The molecule has 0 bridgehead atoms. The minimum atomic E-state index is -0.420. The standard InChI is InChI=1S/C23H18Br2FN3O4/c1-32-20-11-14(12-27-29-23(31)15-2-4-16(24)5-3-15)10-19(25)22(20)33-13-21(30)28-18-8-6-17(26)7-9-18/h2-12H,13H2,1H3,(H,28,30)(H,29,31)/b27-12+. The van der Waals surface area contributed by atoms with Crippen LogP contribution in [0.1, 0.15) is 15.9 Å². The minimum Gasteiger partial charge on any atom is -0.493 e. The first-order chi connectivity index (χ1) is 15.9. The van der Waals surface area contributed by atoms with Gasteiger partial charge in [-0.3, -0.25) is 9.59 Å². The number of hydrogen-bond donors (Lipinski definition) is 2. The smallest absolute Gasteiger partial charge is 0.271 e. The lowest BCUT2D eigenvalue weighted by Crippen LogP contribution is -2.20. The third-order valence-electron chi connectivity index (χ3n) is 4.21. The molecule has 0 aromatic heterocycles. The van der Waals surface area contributed by atoms with E-state index >= 15 is 0 Å². The molecule has 2 N–H and O–H groups in total. The largest absolute Gasteiger partial charge is 0.493 e. The normalized spacial score (nSPS) is 10.7. The van der Waals surface area contributed by atoms with E-state index in [0.717, 1.165) is 4.47 Å².